The van der Waals surface area contributed by atoms with Crippen molar-refractivity contribution in [3.8, 4) is 5.75 Å². The second kappa shape index (κ2) is 5.52. The molecule has 0 saturated heterocycles. The number of benzene rings is 1. The van der Waals surface area contributed by atoms with Gasteiger partial charge in [0.2, 0.25) is 0 Å². The van der Waals surface area contributed by atoms with Crippen LogP contribution in [0.15, 0.2) is 24.3 Å². The number of hydrogen-bond donors (Lipinski definition) is 3. The van der Waals surface area contributed by atoms with Gasteiger partial charge in [0.15, 0.2) is 0 Å². The average molecular weight is 263 g/mol. The van der Waals surface area contributed by atoms with Crippen molar-refractivity contribution in [2.45, 2.75) is 12.5 Å². The van der Waals surface area contributed by atoms with Crippen molar-refractivity contribution in [2.24, 2.45) is 0 Å². The van der Waals surface area contributed by atoms with Crippen LogP contribution >= 0.6 is 0 Å². The molecule has 90 valence electrons. The second-order valence-electron chi connectivity index (χ2n) is 3.21. The Labute approximate surface area is 96.0 Å². The quantitative estimate of drug-likeness (QED) is 0.479. The van der Waals surface area contributed by atoms with E-state index in [0.717, 1.165) is 5.56 Å². The first-order valence-corrected chi connectivity index (χ1v) is 7.45. The standard InChI is InChI=1S/C8H12O6SSi/c9-15(10)14-8-3-1-7(2-4-8)5-6-16(11,12)13/h1-4,11-13H,5-6H2,(H,9,10)/p-1. The van der Waals surface area contributed by atoms with Gasteiger partial charge >= 0.3 is 8.80 Å². The predicted octanol–water partition coefficient (Wildman–Crippen LogP) is -0.682. The van der Waals surface area contributed by atoms with Crippen LogP contribution < -0.4 is 4.18 Å². The molecule has 0 aromatic heterocycles. The summed E-state index contributed by atoms with van der Waals surface area (Å²) in [6.07, 6.45) is 0.302. The van der Waals surface area contributed by atoms with Crippen LogP contribution in [-0.4, -0.2) is 32.0 Å². The lowest BCUT2D eigenvalue weighted by Gasteiger charge is -2.10. The lowest BCUT2D eigenvalue weighted by Crippen LogP contribution is -2.34. The highest BCUT2D eigenvalue weighted by Crippen LogP contribution is 2.15. The molecule has 6 nitrogen and oxygen atoms in total. The van der Waals surface area contributed by atoms with E-state index < -0.39 is 20.2 Å². The first-order valence-electron chi connectivity index (χ1n) is 4.40. The van der Waals surface area contributed by atoms with Gasteiger partial charge in [-0.1, -0.05) is 12.1 Å². The maximum atomic E-state index is 10.2. The summed E-state index contributed by atoms with van der Waals surface area (Å²) in [5.74, 6) is 0.178. The molecule has 0 aliphatic heterocycles. The molecule has 0 spiro atoms. The molecule has 16 heavy (non-hydrogen) atoms. The topological polar surface area (TPSA) is 110 Å². The van der Waals surface area contributed by atoms with Gasteiger partial charge in [-0.3, -0.25) is 0 Å². The van der Waals surface area contributed by atoms with Crippen LogP contribution in [-0.2, 0) is 17.8 Å². The van der Waals surface area contributed by atoms with Gasteiger partial charge in [-0.2, -0.15) is 0 Å². The molecule has 3 N–H and O–H groups in total. The Morgan fingerprint density at radius 1 is 1.25 bits per heavy atom. The minimum absolute atomic E-state index is 0.0965. The van der Waals surface area contributed by atoms with E-state index in [1.807, 2.05) is 0 Å². The summed E-state index contributed by atoms with van der Waals surface area (Å²) in [6, 6.07) is 5.96. The van der Waals surface area contributed by atoms with Crippen LogP contribution in [0.5, 0.6) is 5.75 Å². The monoisotopic (exact) mass is 263 g/mol. The molecular formula is C8H11O6SSi-. The van der Waals surface area contributed by atoms with Crippen LogP contribution in [0.3, 0.4) is 0 Å². The zero-order chi connectivity index (χ0) is 12.2. The summed E-state index contributed by atoms with van der Waals surface area (Å²) >= 11 is -2.60. The lowest BCUT2D eigenvalue weighted by molar-refractivity contribution is 0.228. The zero-order valence-electron chi connectivity index (χ0n) is 8.20. The zero-order valence-corrected chi connectivity index (χ0v) is 10.0. The Kier molecular flexibility index (Phi) is 4.59. The van der Waals surface area contributed by atoms with Crippen LogP contribution in [0, 0.1) is 0 Å². The summed E-state index contributed by atoms with van der Waals surface area (Å²) in [7, 11) is -4.01. The van der Waals surface area contributed by atoms with Crippen LogP contribution in [0.1, 0.15) is 5.56 Å². The van der Waals surface area contributed by atoms with Crippen molar-refractivity contribution < 1.29 is 27.3 Å². The van der Waals surface area contributed by atoms with E-state index in [1.54, 1.807) is 12.1 Å². The van der Waals surface area contributed by atoms with E-state index in [9.17, 15) is 8.76 Å². The maximum Gasteiger partial charge on any atom is 0.493 e. The van der Waals surface area contributed by atoms with Gasteiger partial charge in [-0.05, 0) is 24.1 Å². The fourth-order valence-electron chi connectivity index (χ4n) is 1.10. The van der Waals surface area contributed by atoms with Crippen LogP contribution in [0.25, 0.3) is 0 Å². The summed E-state index contributed by atoms with van der Waals surface area (Å²) in [5.41, 5.74) is 0.748. The van der Waals surface area contributed by atoms with E-state index in [1.165, 1.54) is 12.1 Å². The Morgan fingerprint density at radius 2 is 1.81 bits per heavy atom. The number of rotatable bonds is 5. The van der Waals surface area contributed by atoms with E-state index in [4.69, 9.17) is 14.4 Å². The predicted molar refractivity (Wildman–Crippen MR) is 56.9 cm³/mol. The van der Waals surface area contributed by atoms with E-state index in [-0.39, 0.29) is 11.8 Å². The van der Waals surface area contributed by atoms with E-state index in [0.29, 0.717) is 6.42 Å². The van der Waals surface area contributed by atoms with Gasteiger partial charge in [0.25, 0.3) is 0 Å². The van der Waals surface area contributed by atoms with Crippen molar-refractivity contribution in [3.63, 3.8) is 0 Å². The SMILES string of the molecule is O=S([O-])Oc1ccc(CC[Si](O)(O)O)cc1. The molecule has 1 rings (SSSR count). The van der Waals surface area contributed by atoms with E-state index >= 15 is 0 Å². The van der Waals surface area contributed by atoms with Crippen LogP contribution in [0.2, 0.25) is 6.04 Å². The molecule has 0 radical (unpaired) electrons. The fourth-order valence-corrected chi connectivity index (χ4v) is 1.99. The van der Waals surface area contributed by atoms with Crippen LogP contribution in [0.4, 0.5) is 0 Å². The molecule has 0 fully saturated rings. The van der Waals surface area contributed by atoms with Gasteiger partial charge < -0.3 is 23.1 Å². The van der Waals surface area contributed by atoms with E-state index in [2.05, 4.69) is 4.18 Å². The third-order valence-electron chi connectivity index (χ3n) is 1.84. The van der Waals surface area contributed by atoms with Gasteiger partial charge in [-0.15, -0.1) is 0 Å². The molecule has 0 saturated carbocycles. The first-order chi connectivity index (χ1) is 7.37. The van der Waals surface area contributed by atoms with Gasteiger partial charge in [0, 0.05) is 6.04 Å². The molecule has 1 aromatic carbocycles. The first kappa shape index (κ1) is 13.3. The highest BCUT2D eigenvalue weighted by molar-refractivity contribution is 7.74. The van der Waals surface area contributed by atoms with Gasteiger partial charge in [0.1, 0.15) is 17.1 Å². The molecule has 1 aromatic rings. The Morgan fingerprint density at radius 3 is 2.25 bits per heavy atom. The fraction of sp³-hybridized carbons (Fsp3) is 0.250. The molecular weight excluding hydrogens is 252 g/mol. The van der Waals surface area contributed by atoms with Gasteiger partial charge in [-0.25, -0.2) is 4.21 Å². The largest absolute Gasteiger partial charge is 0.740 e. The molecule has 0 heterocycles. The third kappa shape index (κ3) is 5.35. The summed E-state index contributed by atoms with van der Waals surface area (Å²) in [4.78, 5) is 26.4. The normalized spacial score (nSPS) is 13.5. The Balaban J connectivity index is 2.55. The molecule has 1 atom stereocenters. The Bertz CT molecular complexity index is 360. The third-order valence-corrected chi connectivity index (χ3v) is 3.09. The van der Waals surface area contributed by atoms with Crippen molar-refractivity contribution in [1.29, 1.82) is 0 Å². The number of aryl methyl sites for hydroxylation is 1. The molecule has 0 aliphatic carbocycles. The summed E-state index contributed by atoms with van der Waals surface area (Å²) in [6.45, 7) is 0. The summed E-state index contributed by atoms with van der Waals surface area (Å²) in [5, 5.41) is 0. The second-order valence-corrected chi connectivity index (χ2v) is 5.83. The smallest absolute Gasteiger partial charge is 0.493 e. The lowest BCUT2D eigenvalue weighted by atomic mass is 10.2. The van der Waals surface area contributed by atoms with Crippen molar-refractivity contribution in [1.82, 2.24) is 0 Å². The van der Waals surface area contributed by atoms with Gasteiger partial charge in [0.05, 0.1) is 0 Å². The molecule has 0 bridgehead atoms. The molecule has 0 amide bonds. The highest BCUT2D eigenvalue weighted by Gasteiger charge is 2.25. The highest BCUT2D eigenvalue weighted by atomic mass is 32.2. The van der Waals surface area contributed by atoms with Crippen molar-refractivity contribution >= 4 is 20.2 Å². The molecule has 8 heteroatoms. The summed E-state index contributed by atoms with van der Waals surface area (Å²) < 4.78 is 24.8. The molecule has 1 unspecified atom stereocenters. The minimum atomic E-state index is -4.01. The van der Waals surface area contributed by atoms with Crippen molar-refractivity contribution in [3.05, 3.63) is 29.8 Å². The maximum absolute atomic E-state index is 10.2. The average Bonchev–Trinajstić information content (AvgIpc) is 2.14. The molecule has 0 aliphatic rings. The minimum Gasteiger partial charge on any atom is -0.740 e. The van der Waals surface area contributed by atoms with Crippen molar-refractivity contribution in [2.75, 3.05) is 0 Å². The number of hydrogen-bond acceptors (Lipinski definition) is 6. The Hall–Kier alpha value is -0.773.